The lowest BCUT2D eigenvalue weighted by Gasteiger charge is -2.10. The van der Waals surface area contributed by atoms with Crippen LogP contribution in [-0.2, 0) is 24.9 Å². The highest BCUT2D eigenvalue weighted by Crippen LogP contribution is 2.29. The van der Waals surface area contributed by atoms with Gasteiger partial charge in [-0.3, -0.25) is 9.48 Å². The van der Waals surface area contributed by atoms with Crippen LogP contribution in [0.5, 0.6) is 0 Å². The fourth-order valence-electron chi connectivity index (χ4n) is 3.45. The smallest absolute Gasteiger partial charge is 0.252 e. The van der Waals surface area contributed by atoms with Gasteiger partial charge in [0.1, 0.15) is 0 Å². The van der Waals surface area contributed by atoms with Crippen LogP contribution in [0.3, 0.4) is 0 Å². The Labute approximate surface area is 173 Å². The topological polar surface area (TPSA) is 69.0 Å². The molecule has 0 atom stereocenters. The van der Waals surface area contributed by atoms with Gasteiger partial charge in [-0.25, -0.2) is 4.98 Å². The Bertz CT molecular complexity index is 1170. The van der Waals surface area contributed by atoms with Crippen LogP contribution in [0.15, 0.2) is 47.8 Å². The van der Waals surface area contributed by atoms with E-state index in [1.807, 2.05) is 61.8 Å². The summed E-state index contributed by atoms with van der Waals surface area (Å²) < 4.78 is 6.92. The van der Waals surface area contributed by atoms with E-state index in [1.54, 1.807) is 23.1 Å². The molecular formula is C22H22N4O2S. The molecule has 1 aromatic carbocycles. The maximum Gasteiger partial charge on any atom is 0.252 e. The summed E-state index contributed by atoms with van der Waals surface area (Å²) in [6.45, 7) is 2.89. The number of methoxy groups -OCH3 is 1. The summed E-state index contributed by atoms with van der Waals surface area (Å²) in [6, 6.07) is 13.9. The number of carbonyl (C=O) groups is 1. The third kappa shape index (κ3) is 3.92. The molecular weight excluding hydrogens is 384 g/mol. The van der Waals surface area contributed by atoms with E-state index in [1.165, 1.54) is 0 Å². The number of hydrogen-bond acceptors (Lipinski definition) is 5. The predicted molar refractivity (Wildman–Crippen MR) is 115 cm³/mol. The number of aryl methyl sites for hydroxylation is 2. The van der Waals surface area contributed by atoms with Crippen molar-refractivity contribution in [1.29, 1.82) is 0 Å². The molecule has 4 rings (SSSR count). The minimum atomic E-state index is -0.136. The molecule has 0 aliphatic heterocycles. The van der Waals surface area contributed by atoms with E-state index in [4.69, 9.17) is 9.72 Å². The number of rotatable bonds is 6. The van der Waals surface area contributed by atoms with Crippen molar-refractivity contribution in [1.82, 2.24) is 20.1 Å². The van der Waals surface area contributed by atoms with Crippen LogP contribution < -0.4 is 5.32 Å². The highest BCUT2D eigenvalue weighted by molar-refractivity contribution is 7.13. The Morgan fingerprint density at radius 2 is 2.03 bits per heavy atom. The first kappa shape index (κ1) is 19.3. The Balaban J connectivity index is 1.67. The third-order valence-electron chi connectivity index (χ3n) is 4.74. The molecule has 0 fully saturated rings. The normalized spacial score (nSPS) is 11.1. The van der Waals surface area contributed by atoms with Gasteiger partial charge in [0.05, 0.1) is 33.8 Å². The van der Waals surface area contributed by atoms with E-state index in [0.717, 1.165) is 32.8 Å². The molecule has 3 heterocycles. The van der Waals surface area contributed by atoms with Crippen molar-refractivity contribution in [2.75, 3.05) is 7.11 Å². The van der Waals surface area contributed by atoms with Gasteiger partial charge in [-0.2, -0.15) is 5.10 Å². The molecule has 29 heavy (non-hydrogen) atoms. The van der Waals surface area contributed by atoms with Gasteiger partial charge < -0.3 is 10.1 Å². The van der Waals surface area contributed by atoms with Crippen molar-refractivity contribution < 1.29 is 9.53 Å². The fourth-order valence-corrected chi connectivity index (χ4v) is 4.13. The Kier molecular flexibility index (Phi) is 5.42. The van der Waals surface area contributed by atoms with E-state index in [9.17, 15) is 4.79 Å². The van der Waals surface area contributed by atoms with Crippen LogP contribution in [0.2, 0.25) is 0 Å². The van der Waals surface area contributed by atoms with Gasteiger partial charge >= 0.3 is 0 Å². The maximum absolute atomic E-state index is 13.1. The maximum atomic E-state index is 13.1. The van der Waals surface area contributed by atoms with Gasteiger partial charge in [0.25, 0.3) is 5.91 Å². The van der Waals surface area contributed by atoms with Crippen LogP contribution in [0.1, 0.15) is 27.2 Å². The van der Waals surface area contributed by atoms with Gasteiger partial charge in [0.15, 0.2) is 5.65 Å². The van der Waals surface area contributed by atoms with Crippen molar-refractivity contribution in [3.63, 3.8) is 0 Å². The molecule has 0 aliphatic rings. The largest absolute Gasteiger partial charge is 0.380 e. The molecule has 3 aromatic heterocycles. The van der Waals surface area contributed by atoms with Gasteiger partial charge in [0, 0.05) is 20.7 Å². The molecule has 0 radical (unpaired) electrons. The lowest BCUT2D eigenvalue weighted by molar-refractivity contribution is 0.0952. The average molecular weight is 407 g/mol. The molecule has 1 N–H and O–H groups in total. The standard InChI is InChI=1S/C22H22N4O2S/c1-14-20-17(22(27)23-12-15-6-4-7-16(10-15)13-28-3)11-18(19-8-5-9-29-19)24-21(20)26(2)25-14/h4-11H,12-13H2,1-3H3,(H,23,27). The van der Waals surface area contributed by atoms with Gasteiger partial charge in [-0.1, -0.05) is 30.3 Å². The summed E-state index contributed by atoms with van der Waals surface area (Å²) in [5, 5.41) is 10.3. The van der Waals surface area contributed by atoms with Crippen molar-refractivity contribution >= 4 is 28.3 Å². The van der Waals surface area contributed by atoms with E-state index in [0.29, 0.717) is 24.4 Å². The first-order valence-corrected chi connectivity index (χ1v) is 10.2. The molecule has 0 bridgehead atoms. The minimum Gasteiger partial charge on any atom is -0.380 e. The molecule has 7 heteroatoms. The van der Waals surface area contributed by atoms with Gasteiger partial charge in [-0.05, 0) is 35.6 Å². The third-order valence-corrected chi connectivity index (χ3v) is 5.63. The van der Waals surface area contributed by atoms with Gasteiger partial charge in [0.2, 0.25) is 0 Å². The lowest BCUT2D eigenvalue weighted by atomic mass is 10.1. The number of hydrogen-bond donors (Lipinski definition) is 1. The summed E-state index contributed by atoms with van der Waals surface area (Å²) in [5.74, 6) is -0.136. The zero-order valence-corrected chi connectivity index (χ0v) is 17.4. The lowest BCUT2D eigenvalue weighted by Crippen LogP contribution is -2.23. The number of benzene rings is 1. The first-order valence-electron chi connectivity index (χ1n) is 9.30. The number of nitrogens with one attached hydrogen (secondary N) is 1. The summed E-state index contributed by atoms with van der Waals surface area (Å²) >= 11 is 1.60. The second-order valence-electron chi connectivity index (χ2n) is 6.88. The number of carbonyl (C=O) groups excluding carboxylic acids is 1. The molecule has 0 saturated heterocycles. The van der Waals surface area contributed by atoms with Crippen LogP contribution in [0.4, 0.5) is 0 Å². The van der Waals surface area contributed by atoms with Crippen LogP contribution in [0.25, 0.3) is 21.6 Å². The van der Waals surface area contributed by atoms with E-state index < -0.39 is 0 Å². The monoisotopic (exact) mass is 406 g/mol. The number of fused-ring (bicyclic) bond motifs is 1. The summed E-state index contributed by atoms with van der Waals surface area (Å²) in [6.07, 6.45) is 0. The summed E-state index contributed by atoms with van der Waals surface area (Å²) in [4.78, 5) is 18.9. The number of aromatic nitrogens is 3. The zero-order valence-electron chi connectivity index (χ0n) is 16.6. The van der Waals surface area contributed by atoms with Crippen LogP contribution >= 0.6 is 11.3 Å². The summed E-state index contributed by atoms with van der Waals surface area (Å²) in [7, 11) is 3.52. The molecule has 6 nitrogen and oxygen atoms in total. The van der Waals surface area contributed by atoms with E-state index in [-0.39, 0.29) is 5.91 Å². The molecule has 0 unspecified atom stereocenters. The van der Waals surface area contributed by atoms with Crippen molar-refractivity contribution in [3.05, 3.63) is 70.2 Å². The Morgan fingerprint density at radius 1 is 1.21 bits per heavy atom. The van der Waals surface area contributed by atoms with Crippen LogP contribution in [0, 0.1) is 6.92 Å². The zero-order chi connectivity index (χ0) is 20.4. The average Bonchev–Trinajstić information content (AvgIpc) is 3.35. The molecule has 4 aromatic rings. The first-order chi connectivity index (χ1) is 14.1. The highest BCUT2D eigenvalue weighted by atomic mass is 32.1. The quantitative estimate of drug-likeness (QED) is 0.524. The van der Waals surface area contributed by atoms with Crippen molar-refractivity contribution in [3.8, 4) is 10.6 Å². The number of ether oxygens (including phenoxy) is 1. The number of pyridine rings is 1. The second kappa shape index (κ2) is 8.14. The molecule has 0 aliphatic carbocycles. The Hall–Kier alpha value is -3.03. The van der Waals surface area contributed by atoms with E-state index >= 15 is 0 Å². The minimum absolute atomic E-state index is 0.136. The van der Waals surface area contributed by atoms with Crippen LogP contribution in [-0.4, -0.2) is 27.8 Å². The fraction of sp³-hybridized carbons (Fsp3) is 0.227. The van der Waals surface area contributed by atoms with E-state index in [2.05, 4.69) is 10.4 Å². The van der Waals surface area contributed by atoms with Crippen molar-refractivity contribution in [2.45, 2.75) is 20.1 Å². The Morgan fingerprint density at radius 3 is 2.79 bits per heavy atom. The number of amides is 1. The second-order valence-corrected chi connectivity index (χ2v) is 7.82. The molecule has 0 spiro atoms. The van der Waals surface area contributed by atoms with Crippen molar-refractivity contribution in [2.24, 2.45) is 7.05 Å². The number of nitrogens with zero attached hydrogens (tertiary/aromatic N) is 3. The predicted octanol–water partition coefficient (Wildman–Crippen LogP) is 4.08. The van der Waals surface area contributed by atoms with Gasteiger partial charge in [-0.15, -0.1) is 11.3 Å². The number of thiophene rings is 1. The molecule has 148 valence electrons. The molecule has 1 amide bonds. The highest BCUT2D eigenvalue weighted by Gasteiger charge is 2.19. The molecule has 0 saturated carbocycles. The summed E-state index contributed by atoms with van der Waals surface area (Å²) in [5.41, 5.74) is 4.98. The SMILES string of the molecule is COCc1cccc(CNC(=O)c2cc(-c3cccs3)nc3c2c(C)nn3C)c1.